The van der Waals surface area contributed by atoms with E-state index in [4.69, 9.17) is 4.74 Å². The van der Waals surface area contributed by atoms with Gasteiger partial charge in [0.25, 0.3) is 0 Å². The number of Topliss-reactive ketones (excluding diaryl/α,β-unsaturated/α-hetero) is 1. The summed E-state index contributed by atoms with van der Waals surface area (Å²) in [5.74, 6) is -0.462. The van der Waals surface area contributed by atoms with Crippen LogP contribution in [0.25, 0.3) is 0 Å². The van der Waals surface area contributed by atoms with Crippen molar-refractivity contribution in [3.8, 4) is 0 Å². The Morgan fingerprint density at radius 2 is 2.45 bits per heavy atom. The number of nitrogens with zero attached hydrogens (tertiary/aromatic N) is 1. The van der Waals surface area contributed by atoms with Crippen LogP contribution in [0.5, 0.6) is 0 Å². The molecule has 4 heteroatoms. The van der Waals surface area contributed by atoms with Gasteiger partial charge in [-0.15, -0.1) is 0 Å². The second-order valence-electron chi connectivity index (χ2n) is 2.64. The molecule has 62 valence electrons. The fourth-order valence-electron chi connectivity index (χ4n) is 1.03. The van der Waals surface area contributed by atoms with Crippen molar-refractivity contribution in [2.45, 2.75) is 6.10 Å². The van der Waals surface area contributed by atoms with Gasteiger partial charge in [-0.1, -0.05) is 0 Å². The Morgan fingerprint density at radius 1 is 1.73 bits per heavy atom. The molecule has 0 aromatic carbocycles. The number of morpholine rings is 1. The first-order chi connectivity index (χ1) is 5.24. The van der Waals surface area contributed by atoms with Crippen LogP contribution in [-0.4, -0.2) is 49.8 Å². The maximum atomic E-state index is 10.8. The zero-order chi connectivity index (χ0) is 8.27. The van der Waals surface area contributed by atoms with Gasteiger partial charge < -0.3 is 9.64 Å². The van der Waals surface area contributed by atoms with E-state index in [1.807, 2.05) is 11.9 Å². The highest BCUT2D eigenvalue weighted by molar-refractivity contribution is 6.27. The maximum Gasteiger partial charge on any atom is 0.225 e. The minimum absolute atomic E-state index is 0.323. The Bertz CT molecular complexity index is 169. The molecule has 1 fully saturated rings. The number of carbonyl (C=O) groups excluding carboxylic acids is 2. The van der Waals surface area contributed by atoms with Crippen LogP contribution >= 0.6 is 0 Å². The van der Waals surface area contributed by atoms with E-state index in [1.54, 1.807) is 0 Å². The molecule has 0 radical (unpaired) electrons. The van der Waals surface area contributed by atoms with Crippen molar-refractivity contribution >= 4 is 12.1 Å². The molecule has 4 nitrogen and oxygen atoms in total. The van der Waals surface area contributed by atoms with E-state index >= 15 is 0 Å². The van der Waals surface area contributed by atoms with Gasteiger partial charge >= 0.3 is 0 Å². The molecule has 0 aromatic heterocycles. The molecule has 1 atom stereocenters. The summed E-state index contributed by atoms with van der Waals surface area (Å²) in [7, 11) is 1.90. The van der Waals surface area contributed by atoms with E-state index in [2.05, 4.69) is 0 Å². The van der Waals surface area contributed by atoms with Gasteiger partial charge in [-0.25, -0.2) is 0 Å². The number of likely N-dealkylation sites (N-methyl/N-ethyl adjacent to an activating group) is 1. The first-order valence-corrected chi connectivity index (χ1v) is 3.53. The summed E-state index contributed by atoms with van der Waals surface area (Å²) in [5.41, 5.74) is 0. The number of hydrogen-bond acceptors (Lipinski definition) is 4. The van der Waals surface area contributed by atoms with Crippen molar-refractivity contribution in [1.29, 1.82) is 0 Å². The van der Waals surface area contributed by atoms with Crippen molar-refractivity contribution in [3.05, 3.63) is 0 Å². The lowest BCUT2D eigenvalue weighted by Crippen LogP contribution is -2.44. The first-order valence-electron chi connectivity index (χ1n) is 3.53. The number of aldehydes is 1. The topological polar surface area (TPSA) is 46.6 Å². The number of rotatable bonds is 2. The van der Waals surface area contributed by atoms with Gasteiger partial charge in [-0.2, -0.15) is 0 Å². The van der Waals surface area contributed by atoms with Crippen LogP contribution < -0.4 is 0 Å². The summed E-state index contributed by atoms with van der Waals surface area (Å²) in [6, 6.07) is 0. The highest BCUT2D eigenvalue weighted by atomic mass is 16.5. The number of hydrogen-bond donors (Lipinski definition) is 0. The Kier molecular flexibility index (Phi) is 2.73. The van der Waals surface area contributed by atoms with E-state index in [-0.39, 0.29) is 0 Å². The van der Waals surface area contributed by atoms with E-state index in [0.29, 0.717) is 19.4 Å². The summed E-state index contributed by atoms with van der Waals surface area (Å²) in [5, 5.41) is 0. The molecular weight excluding hydrogens is 146 g/mol. The van der Waals surface area contributed by atoms with E-state index < -0.39 is 11.9 Å². The molecule has 0 N–H and O–H groups in total. The third-order valence-corrected chi connectivity index (χ3v) is 1.70. The Balaban J connectivity index is 2.45. The zero-order valence-electron chi connectivity index (χ0n) is 6.45. The summed E-state index contributed by atoms with van der Waals surface area (Å²) in [6.45, 7) is 1.88. The van der Waals surface area contributed by atoms with Crippen molar-refractivity contribution in [2.24, 2.45) is 0 Å². The molecule has 1 heterocycles. The molecule has 1 saturated heterocycles. The Hall–Kier alpha value is -0.740. The molecule has 0 spiro atoms. The Morgan fingerprint density at radius 3 is 3.00 bits per heavy atom. The van der Waals surface area contributed by atoms with Crippen LogP contribution in [0, 0.1) is 0 Å². The standard InChI is InChI=1S/C7H11NO3/c1-8-2-3-11-7(4-8)6(10)5-9/h5,7H,2-4H2,1H3. The van der Waals surface area contributed by atoms with Crippen LogP contribution in [0.1, 0.15) is 0 Å². The van der Waals surface area contributed by atoms with Crippen LogP contribution in [-0.2, 0) is 14.3 Å². The van der Waals surface area contributed by atoms with Gasteiger partial charge in [0.15, 0.2) is 6.29 Å². The molecule has 0 aromatic rings. The molecule has 11 heavy (non-hydrogen) atoms. The fourth-order valence-corrected chi connectivity index (χ4v) is 1.03. The lowest BCUT2D eigenvalue weighted by molar-refractivity contribution is -0.141. The Labute approximate surface area is 65.1 Å². The van der Waals surface area contributed by atoms with Crippen LogP contribution in [0.4, 0.5) is 0 Å². The first kappa shape index (κ1) is 8.36. The fraction of sp³-hybridized carbons (Fsp3) is 0.714. The van der Waals surface area contributed by atoms with Crippen LogP contribution in [0.2, 0.25) is 0 Å². The van der Waals surface area contributed by atoms with E-state index in [1.165, 1.54) is 0 Å². The van der Waals surface area contributed by atoms with Crippen molar-refractivity contribution in [2.75, 3.05) is 26.7 Å². The smallest absolute Gasteiger partial charge is 0.225 e. The van der Waals surface area contributed by atoms with Gasteiger partial charge in [-0.05, 0) is 7.05 Å². The minimum atomic E-state index is -0.536. The van der Waals surface area contributed by atoms with Crippen molar-refractivity contribution in [1.82, 2.24) is 4.90 Å². The molecule has 0 amide bonds. The van der Waals surface area contributed by atoms with Crippen molar-refractivity contribution in [3.63, 3.8) is 0 Å². The van der Waals surface area contributed by atoms with Gasteiger partial charge in [0.2, 0.25) is 5.78 Å². The number of ketones is 1. The lowest BCUT2D eigenvalue weighted by Gasteiger charge is -2.27. The van der Waals surface area contributed by atoms with Gasteiger partial charge in [-0.3, -0.25) is 9.59 Å². The highest BCUT2D eigenvalue weighted by Gasteiger charge is 2.23. The molecule has 1 aliphatic heterocycles. The predicted molar refractivity (Wildman–Crippen MR) is 38.3 cm³/mol. The molecule has 0 saturated carbocycles. The SMILES string of the molecule is CN1CCOC(C(=O)C=O)C1. The average molecular weight is 157 g/mol. The van der Waals surface area contributed by atoms with Crippen LogP contribution in [0.3, 0.4) is 0 Å². The molecule has 1 unspecified atom stereocenters. The summed E-state index contributed by atoms with van der Waals surface area (Å²) in [6.07, 6.45) is -0.213. The predicted octanol–water partition coefficient (Wildman–Crippen LogP) is -0.915. The third-order valence-electron chi connectivity index (χ3n) is 1.70. The lowest BCUT2D eigenvalue weighted by atomic mass is 10.2. The quantitative estimate of drug-likeness (QED) is 0.384. The van der Waals surface area contributed by atoms with Gasteiger partial charge in [0.05, 0.1) is 6.61 Å². The molecule has 1 rings (SSSR count). The second-order valence-corrected chi connectivity index (χ2v) is 2.64. The normalized spacial score (nSPS) is 26.5. The maximum absolute atomic E-state index is 10.8. The summed E-state index contributed by atoms with van der Waals surface area (Å²) < 4.78 is 5.08. The molecule has 0 bridgehead atoms. The summed E-state index contributed by atoms with van der Waals surface area (Å²) >= 11 is 0. The zero-order valence-corrected chi connectivity index (χ0v) is 6.45. The summed E-state index contributed by atoms with van der Waals surface area (Å²) in [4.78, 5) is 22.8. The number of carbonyl (C=O) groups is 2. The van der Waals surface area contributed by atoms with Gasteiger partial charge in [0.1, 0.15) is 6.10 Å². The minimum Gasteiger partial charge on any atom is -0.367 e. The highest BCUT2D eigenvalue weighted by Crippen LogP contribution is 2.02. The van der Waals surface area contributed by atoms with E-state index in [9.17, 15) is 9.59 Å². The molecule has 1 aliphatic rings. The second kappa shape index (κ2) is 3.59. The number of ether oxygens (including phenoxy) is 1. The molecule has 0 aliphatic carbocycles. The largest absolute Gasteiger partial charge is 0.367 e. The monoisotopic (exact) mass is 157 g/mol. The van der Waals surface area contributed by atoms with Gasteiger partial charge in [0, 0.05) is 13.1 Å². The van der Waals surface area contributed by atoms with Crippen LogP contribution in [0.15, 0.2) is 0 Å². The average Bonchev–Trinajstić information content (AvgIpc) is 2.03. The van der Waals surface area contributed by atoms with E-state index in [0.717, 1.165) is 6.54 Å². The van der Waals surface area contributed by atoms with Crippen molar-refractivity contribution < 1.29 is 14.3 Å². The molecular formula is C7H11NO3. The third kappa shape index (κ3) is 2.10.